The summed E-state index contributed by atoms with van der Waals surface area (Å²) in [6.07, 6.45) is 0.519. The normalized spacial score (nSPS) is 18.6. The molecule has 3 aromatic rings. The van der Waals surface area contributed by atoms with Gasteiger partial charge in [0.1, 0.15) is 11.4 Å². The Kier molecular flexibility index (Phi) is 5.86. The number of rotatable bonds is 7. The van der Waals surface area contributed by atoms with Crippen LogP contribution in [0.5, 0.6) is 5.75 Å². The molecule has 1 saturated carbocycles. The Morgan fingerprint density at radius 1 is 1.26 bits per heavy atom. The van der Waals surface area contributed by atoms with Crippen LogP contribution in [0.25, 0.3) is 10.9 Å². The standard InChI is InChI=1S/C22H22F3N3O3/c1-30-16-8-14(9-16)21(29)28-19-12-26-18-4-3-15(10-17(18)19)31-7-6-13-2-5-20(27-11-13)22(23,24)25/h2-5,10-12,14,16,26H,6-9H2,1H3,(H,28,29). The number of hydrogen-bond donors (Lipinski definition) is 2. The second-order valence-corrected chi connectivity index (χ2v) is 7.57. The van der Waals surface area contributed by atoms with E-state index in [0.29, 0.717) is 23.4 Å². The van der Waals surface area contributed by atoms with Crippen LogP contribution in [0.2, 0.25) is 0 Å². The van der Waals surface area contributed by atoms with Crippen molar-refractivity contribution < 1.29 is 27.4 Å². The average Bonchev–Trinajstić information content (AvgIpc) is 3.09. The zero-order chi connectivity index (χ0) is 22.0. The number of anilines is 1. The monoisotopic (exact) mass is 433 g/mol. The average molecular weight is 433 g/mol. The number of aromatic amines is 1. The van der Waals surface area contributed by atoms with Gasteiger partial charge in [0.05, 0.1) is 18.4 Å². The van der Waals surface area contributed by atoms with E-state index in [1.807, 2.05) is 12.1 Å². The molecule has 2 aromatic heterocycles. The molecule has 1 fully saturated rings. The van der Waals surface area contributed by atoms with Gasteiger partial charge in [-0.05, 0) is 42.7 Å². The molecule has 0 atom stereocenters. The number of methoxy groups -OCH3 is 1. The summed E-state index contributed by atoms with van der Waals surface area (Å²) in [4.78, 5) is 19.0. The van der Waals surface area contributed by atoms with Crippen molar-refractivity contribution in [3.05, 3.63) is 54.0 Å². The maximum atomic E-state index is 12.6. The zero-order valence-corrected chi connectivity index (χ0v) is 16.8. The highest BCUT2D eigenvalue weighted by atomic mass is 19.4. The molecule has 0 unspecified atom stereocenters. The first-order valence-corrected chi connectivity index (χ1v) is 9.93. The zero-order valence-electron chi connectivity index (χ0n) is 16.8. The third kappa shape index (κ3) is 4.82. The van der Waals surface area contributed by atoms with Gasteiger partial charge in [-0.2, -0.15) is 13.2 Å². The number of H-pyrrole nitrogens is 1. The Morgan fingerprint density at radius 3 is 2.74 bits per heavy atom. The second kappa shape index (κ2) is 8.58. The van der Waals surface area contributed by atoms with Gasteiger partial charge in [-0.15, -0.1) is 0 Å². The summed E-state index contributed by atoms with van der Waals surface area (Å²) in [5.74, 6) is 0.521. The summed E-state index contributed by atoms with van der Waals surface area (Å²) in [7, 11) is 1.65. The number of carbonyl (C=O) groups excluding carboxylic acids is 1. The molecule has 0 spiro atoms. The Labute approximate surface area is 176 Å². The number of ether oxygens (including phenoxy) is 2. The van der Waals surface area contributed by atoms with E-state index in [1.54, 1.807) is 19.4 Å². The van der Waals surface area contributed by atoms with E-state index in [-0.39, 0.29) is 24.5 Å². The molecule has 0 saturated heterocycles. The van der Waals surface area contributed by atoms with Gasteiger partial charge < -0.3 is 19.8 Å². The number of fused-ring (bicyclic) bond motifs is 1. The number of halogens is 3. The molecule has 0 radical (unpaired) electrons. The van der Waals surface area contributed by atoms with Crippen LogP contribution in [0.3, 0.4) is 0 Å². The van der Waals surface area contributed by atoms with Crippen LogP contribution in [0.15, 0.2) is 42.7 Å². The highest BCUT2D eigenvalue weighted by Crippen LogP contribution is 2.33. The number of alkyl halides is 3. The minimum atomic E-state index is -4.45. The number of hydrogen-bond acceptors (Lipinski definition) is 4. The van der Waals surface area contributed by atoms with Crippen molar-refractivity contribution in [1.29, 1.82) is 0 Å². The maximum Gasteiger partial charge on any atom is 0.433 e. The van der Waals surface area contributed by atoms with E-state index in [4.69, 9.17) is 9.47 Å². The minimum absolute atomic E-state index is 0.0321. The molecule has 9 heteroatoms. The van der Waals surface area contributed by atoms with Crippen molar-refractivity contribution >= 4 is 22.5 Å². The number of pyridine rings is 1. The summed E-state index contributed by atoms with van der Waals surface area (Å²) in [5, 5.41) is 3.78. The summed E-state index contributed by atoms with van der Waals surface area (Å²) >= 11 is 0. The van der Waals surface area contributed by atoms with Gasteiger partial charge in [0.25, 0.3) is 0 Å². The van der Waals surface area contributed by atoms with Crippen LogP contribution in [0.1, 0.15) is 24.1 Å². The molecule has 164 valence electrons. The van der Waals surface area contributed by atoms with E-state index in [2.05, 4.69) is 15.3 Å². The molecule has 4 rings (SSSR count). The molecule has 2 N–H and O–H groups in total. The van der Waals surface area contributed by atoms with E-state index < -0.39 is 11.9 Å². The van der Waals surface area contributed by atoms with Crippen molar-refractivity contribution in [2.45, 2.75) is 31.5 Å². The van der Waals surface area contributed by atoms with Gasteiger partial charge in [0, 0.05) is 42.7 Å². The molecule has 0 aliphatic heterocycles. The predicted octanol–water partition coefficient (Wildman–Crippen LogP) is 4.57. The highest BCUT2D eigenvalue weighted by molar-refractivity contribution is 6.03. The van der Waals surface area contributed by atoms with Gasteiger partial charge >= 0.3 is 6.18 Å². The third-order valence-corrected chi connectivity index (χ3v) is 5.48. The fourth-order valence-electron chi connectivity index (χ4n) is 3.53. The Bertz CT molecular complexity index is 1060. The van der Waals surface area contributed by atoms with Crippen molar-refractivity contribution in [2.75, 3.05) is 19.0 Å². The highest BCUT2D eigenvalue weighted by Gasteiger charge is 2.34. The second-order valence-electron chi connectivity index (χ2n) is 7.57. The van der Waals surface area contributed by atoms with Crippen molar-refractivity contribution in [3.63, 3.8) is 0 Å². The fraction of sp³-hybridized carbons (Fsp3) is 0.364. The van der Waals surface area contributed by atoms with Crippen LogP contribution in [-0.4, -0.2) is 35.7 Å². The van der Waals surface area contributed by atoms with E-state index in [9.17, 15) is 18.0 Å². The topological polar surface area (TPSA) is 76.2 Å². The van der Waals surface area contributed by atoms with Crippen molar-refractivity contribution in [3.8, 4) is 5.75 Å². The molecule has 6 nitrogen and oxygen atoms in total. The van der Waals surface area contributed by atoms with Crippen LogP contribution in [0, 0.1) is 5.92 Å². The number of benzene rings is 1. The first-order chi connectivity index (χ1) is 14.8. The summed E-state index contributed by atoms with van der Waals surface area (Å²) in [6, 6.07) is 7.84. The Hall–Kier alpha value is -3.07. The SMILES string of the molecule is COC1CC(C(=O)Nc2c[nH]c3ccc(OCCc4ccc(C(F)(F)F)nc4)cc23)C1. The summed E-state index contributed by atoms with van der Waals surface area (Å²) in [6.45, 7) is 0.283. The van der Waals surface area contributed by atoms with Gasteiger partial charge in [0.15, 0.2) is 0 Å². The van der Waals surface area contributed by atoms with E-state index in [0.717, 1.165) is 29.8 Å². The number of nitrogens with zero attached hydrogens (tertiary/aromatic N) is 1. The lowest BCUT2D eigenvalue weighted by Crippen LogP contribution is -2.38. The smallest absolute Gasteiger partial charge is 0.433 e. The van der Waals surface area contributed by atoms with E-state index in [1.165, 1.54) is 12.3 Å². The molecule has 2 heterocycles. The van der Waals surface area contributed by atoms with Crippen molar-refractivity contribution in [2.24, 2.45) is 5.92 Å². The van der Waals surface area contributed by atoms with Crippen LogP contribution < -0.4 is 10.1 Å². The fourth-order valence-corrected chi connectivity index (χ4v) is 3.53. The van der Waals surface area contributed by atoms with Gasteiger partial charge in [0.2, 0.25) is 5.91 Å². The van der Waals surface area contributed by atoms with Gasteiger partial charge in [-0.3, -0.25) is 9.78 Å². The molecule has 1 aromatic carbocycles. The Balaban J connectivity index is 1.35. The number of aromatic nitrogens is 2. The molecule has 1 aliphatic carbocycles. The largest absolute Gasteiger partial charge is 0.493 e. The molecule has 0 bridgehead atoms. The molecular weight excluding hydrogens is 411 g/mol. The van der Waals surface area contributed by atoms with Crippen LogP contribution in [0.4, 0.5) is 18.9 Å². The van der Waals surface area contributed by atoms with Gasteiger partial charge in [-0.1, -0.05) is 6.07 Å². The first kappa shape index (κ1) is 21.2. The number of nitrogens with one attached hydrogen (secondary N) is 2. The molecular formula is C22H22F3N3O3. The first-order valence-electron chi connectivity index (χ1n) is 9.93. The lowest BCUT2D eigenvalue weighted by atomic mass is 9.81. The maximum absolute atomic E-state index is 12.6. The van der Waals surface area contributed by atoms with Crippen molar-refractivity contribution in [1.82, 2.24) is 9.97 Å². The minimum Gasteiger partial charge on any atom is -0.493 e. The lowest BCUT2D eigenvalue weighted by molar-refractivity contribution is -0.141. The molecule has 31 heavy (non-hydrogen) atoms. The predicted molar refractivity (Wildman–Crippen MR) is 109 cm³/mol. The molecule has 1 aliphatic rings. The summed E-state index contributed by atoms with van der Waals surface area (Å²) in [5.41, 5.74) is 1.28. The quantitative estimate of drug-likeness (QED) is 0.573. The van der Waals surface area contributed by atoms with Crippen LogP contribution in [-0.2, 0) is 22.1 Å². The third-order valence-electron chi connectivity index (χ3n) is 5.48. The lowest BCUT2D eigenvalue weighted by Gasteiger charge is -2.32. The Morgan fingerprint density at radius 2 is 2.06 bits per heavy atom. The summed E-state index contributed by atoms with van der Waals surface area (Å²) < 4.78 is 48.7. The van der Waals surface area contributed by atoms with Gasteiger partial charge in [-0.25, -0.2) is 0 Å². The van der Waals surface area contributed by atoms with Crippen LogP contribution >= 0.6 is 0 Å². The van der Waals surface area contributed by atoms with E-state index >= 15 is 0 Å². The molecule has 1 amide bonds. The number of carbonyl (C=O) groups is 1. The number of amides is 1.